The Bertz CT molecular complexity index is 459. The molecule has 0 aromatic heterocycles. The molecule has 6 heteroatoms. The molecule has 2 rings (SSSR count). The molecular weight excluding hydrogens is 393 g/mol. The van der Waals surface area contributed by atoms with Crippen molar-refractivity contribution in [1.82, 2.24) is 8.43 Å². The molecule has 5 nitrogen and oxygen atoms in total. The van der Waals surface area contributed by atoms with Crippen molar-refractivity contribution in [3.8, 4) is 0 Å². The molecule has 22 heavy (non-hydrogen) atoms. The second kappa shape index (κ2) is 9.32. The molecule has 0 bridgehead atoms. The van der Waals surface area contributed by atoms with Gasteiger partial charge in [0, 0.05) is 67.9 Å². The van der Waals surface area contributed by atoms with Crippen LogP contribution in [0.2, 0.25) is 0 Å². The van der Waals surface area contributed by atoms with Crippen molar-refractivity contribution in [2.24, 2.45) is 0 Å². The minimum Gasteiger partial charge on any atom is -0.381 e. The molecule has 0 spiro atoms. The lowest BCUT2D eigenvalue weighted by atomic mass is 10.2. The molecule has 1 aliphatic rings. The van der Waals surface area contributed by atoms with Crippen LogP contribution < -0.4 is 8.43 Å². The Labute approximate surface area is 146 Å². The van der Waals surface area contributed by atoms with Gasteiger partial charge in [-0.2, -0.15) is 0 Å². The Balaban J connectivity index is 1.80. The molecule has 1 heterocycles. The molecule has 1 aromatic carbocycles. The first kappa shape index (κ1) is 17.5. The molecule has 1 aromatic rings. The SMILES string of the molecule is CCOCCC(=O)N1CCN(c2ccc(CNI)cc2)CC1. The normalized spacial score (nSPS) is 15.2. The summed E-state index contributed by atoms with van der Waals surface area (Å²) in [5.41, 5.74) is 2.52. The topological polar surface area (TPSA) is 44.8 Å². The van der Waals surface area contributed by atoms with Gasteiger partial charge in [0.05, 0.1) is 13.0 Å². The van der Waals surface area contributed by atoms with Crippen LogP contribution in [0.25, 0.3) is 0 Å². The Morgan fingerprint density at radius 3 is 2.50 bits per heavy atom. The van der Waals surface area contributed by atoms with E-state index in [9.17, 15) is 4.79 Å². The van der Waals surface area contributed by atoms with Crippen LogP contribution in [-0.4, -0.2) is 50.2 Å². The lowest BCUT2D eigenvalue weighted by molar-refractivity contribution is -0.132. The largest absolute Gasteiger partial charge is 0.381 e. The minimum absolute atomic E-state index is 0.205. The number of amides is 1. The highest BCUT2D eigenvalue weighted by molar-refractivity contribution is 14.1. The predicted octanol–water partition coefficient (Wildman–Crippen LogP) is 2.20. The van der Waals surface area contributed by atoms with Crippen LogP contribution in [0.1, 0.15) is 18.9 Å². The van der Waals surface area contributed by atoms with E-state index in [1.807, 2.05) is 11.8 Å². The van der Waals surface area contributed by atoms with Crippen molar-refractivity contribution in [2.75, 3.05) is 44.3 Å². The molecule has 1 amide bonds. The Kier molecular flexibility index (Phi) is 7.41. The minimum atomic E-state index is 0.205. The maximum atomic E-state index is 12.1. The van der Waals surface area contributed by atoms with Gasteiger partial charge in [-0.15, -0.1) is 0 Å². The van der Waals surface area contributed by atoms with Crippen LogP contribution in [0.5, 0.6) is 0 Å². The predicted molar refractivity (Wildman–Crippen MR) is 97.2 cm³/mol. The number of ether oxygens (including phenoxy) is 1. The third-order valence-corrected chi connectivity index (χ3v) is 4.25. The van der Waals surface area contributed by atoms with Crippen molar-refractivity contribution in [3.05, 3.63) is 29.8 Å². The van der Waals surface area contributed by atoms with E-state index >= 15 is 0 Å². The average Bonchev–Trinajstić information content (AvgIpc) is 2.56. The van der Waals surface area contributed by atoms with Crippen molar-refractivity contribution < 1.29 is 9.53 Å². The van der Waals surface area contributed by atoms with E-state index in [2.05, 4.69) is 55.6 Å². The third kappa shape index (κ3) is 5.10. The Morgan fingerprint density at radius 1 is 1.23 bits per heavy atom. The highest BCUT2D eigenvalue weighted by atomic mass is 127. The second-order valence-electron chi connectivity index (χ2n) is 5.29. The summed E-state index contributed by atoms with van der Waals surface area (Å²) in [5.74, 6) is 0.205. The number of halogens is 1. The zero-order chi connectivity index (χ0) is 15.8. The summed E-state index contributed by atoms with van der Waals surface area (Å²) in [6.45, 7) is 7.40. The van der Waals surface area contributed by atoms with E-state index in [1.165, 1.54) is 11.3 Å². The lowest BCUT2D eigenvalue weighted by Gasteiger charge is -2.36. The Hall–Kier alpha value is -0.860. The fourth-order valence-electron chi connectivity index (χ4n) is 2.58. The number of hydrogen-bond acceptors (Lipinski definition) is 4. The van der Waals surface area contributed by atoms with E-state index in [1.54, 1.807) is 0 Å². The van der Waals surface area contributed by atoms with Crippen molar-refractivity contribution in [2.45, 2.75) is 19.9 Å². The average molecular weight is 417 g/mol. The zero-order valence-corrected chi connectivity index (χ0v) is 15.2. The Morgan fingerprint density at radius 2 is 1.91 bits per heavy atom. The first-order valence-corrected chi connectivity index (χ1v) is 8.85. The molecule has 0 radical (unpaired) electrons. The van der Waals surface area contributed by atoms with E-state index < -0.39 is 0 Å². The van der Waals surface area contributed by atoms with Crippen molar-refractivity contribution in [1.29, 1.82) is 0 Å². The number of hydrogen-bond donors (Lipinski definition) is 1. The molecule has 1 N–H and O–H groups in total. The number of nitrogens with zero attached hydrogens (tertiary/aromatic N) is 2. The molecule has 0 atom stereocenters. The molecule has 1 saturated heterocycles. The molecule has 1 aliphatic heterocycles. The van der Waals surface area contributed by atoms with Crippen LogP contribution in [-0.2, 0) is 16.1 Å². The number of rotatable bonds is 7. The quantitative estimate of drug-likeness (QED) is 0.420. The summed E-state index contributed by atoms with van der Waals surface area (Å²) in [7, 11) is 0. The van der Waals surface area contributed by atoms with Crippen LogP contribution in [0.3, 0.4) is 0 Å². The summed E-state index contributed by atoms with van der Waals surface area (Å²) in [5, 5.41) is 0. The maximum absolute atomic E-state index is 12.1. The molecule has 0 aliphatic carbocycles. The van der Waals surface area contributed by atoms with E-state index in [4.69, 9.17) is 4.74 Å². The van der Waals surface area contributed by atoms with Gasteiger partial charge in [0.15, 0.2) is 0 Å². The van der Waals surface area contributed by atoms with Crippen LogP contribution in [0.4, 0.5) is 5.69 Å². The number of anilines is 1. The van der Waals surface area contributed by atoms with Gasteiger partial charge in [-0.3, -0.25) is 8.32 Å². The van der Waals surface area contributed by atoms with E-state index in [0.717, 1.165) is 32.7 Å². The zero-order valence-electron chi connectivity index (χ0n) is 13.1. The van der Waals surface area contributed by atoms with Crippen LogP contribution in [0, 0.1) is 0 Å². The number of benzene rings is 1. The molecule has 0 saturated carbocycles. The number of carbonyl (C=O) groups is 1. The van der Waals surface area contributed by atoms with Gasteiger partial charge >= 0.3 is 0 Å². The number of carbonyl (C=O) groups excluding carboxylic acids is 1. The summed E-state index contributed by atoms with van der Waals surface area (Å²) in [6.07, 6.45) is 0.492. The third-order valence-electron chi connectivity index (χ3n) is 3.87. The summed E-state index contributed by atoms with van der Waals surface area (Å²) in [4.78, 5) is 16.3. The van der Waals surface area contributed by atoms with Gasteiger partial charge in [0.1, 0.15) is 0 Å². The van der Waals surface area contributed by atoms with Gasteiger partial charge < -0.3 is 14.5 Å². The second-order valence-corrected chi connectivity index (χ2v) is 6.05. The van der Waals surface area contributed by atoms with Crippen molar-refractivity contribution >= 4 is 34.5 Å². The highest BCUT2D eigenvalue weighted by Crippen LogP contribution is 2.17. The fourth-order valence-corrected chi connectivity index (χ4v) is 3.02. The van der Waals surface area contributed by atoms with Crippen LogP contribution >= 0.6 is 22.9 Å². The molecule has 0 unspecified atom stereocenters. The van der Waals surface area contributed by atoms with Crippen LogP contribution in [0.15, 0.2) is 24.3 Å². The number of nitrogens with one attached hydrogen (secondary N) is 1. The van der Waals surface area contributed by atoms with Gasteiger partial charge in [-0.1, -0.05) is 12.1 Å². The van der Waals surface area contributed by atoms with E-state index in [0.29, 0.717) is 19.6 Å². The standard InChI is InChI=1S/C16H24IN3O2/c1-2-22-12-7-16(21)20-10-8-19(9-11-20)15-5-3-14(4-6-15)13-18-17/h3-6,18H,2,7-13H2,1H3. The smallest absolute Gasteiger partial charge is 0.225 e. The first-order valence-electron chi connectivity index (χ1n) is 7.77. The van der Waals surface area contributed by atoms with Gasteiger partial charge in [-0.05, 0) is 24.6 Å². The van der Waals surface area contributed by atoms with E-state index in [-0.39, 0.29) is 5.91 Å². The fraction of sp³-hybridized carbons (Fsp3) is 0.562. The summed E-state index contributed by atoms with van der Waals surface area (Å²) in [6, 6.07) is 8.63. The van der Waals surface area contributed by atoms with Gasteiger partial charge in [-0.25, -0.2) is 0 Å². The number of piperazine rings is 1. The monoisotopic (exact) mass is 417 g/mol. The van der Waals surface area contributed by atoms with Crippen molar-refractivity contribution in [3.63, 3.8) is 0 Å². The molecular formula is C16H24IN3O2. The summed E-state index contributed by atoms with van der Waals surface area (Å²) >= 11 is 2.16. The highest BCUT2D eigenvalue weighted by Gasteiger charge is 2.20. The van der Waals surface area contributed by atoms with Gasteiger partial charge in [0.25, 0.3) is 0 Å². The van der Waals surface area contributed by atoms with Gasteiger partial charge in [0.2, 0.25) is 5.91 Å². The lowest BCUT2D eigenvalue weighted by Crippen LogP contribution is -2.49. The molecule has 1 fully saturated rings. The maximum Gasteiger partial charge on any atom is 0.225 e. The first-order chi connectivity index (χ1) is 10.7. The molecule has 122 valence electrons. The summed E-state index contributed by atoms with van der Waals surface area (Å²) < 4.78 is 8.38.